The van der Waals surface area contributed by atoms with Crippen molar-refractivity contribution in [1.29, 1.82) is 0 Å². The Morgan fingerprint density at radius 2 is 2.03 bits per heavy atom. The Labute approximate surface area is 187 Å². The van der Waals surface area contributed by atoms with Gasteiger partial charge in [0.05, 0.1) is 10.7 Å². The second-order valence-corrected chi connectivity index (χ2v) is 10.6. The van der Waals surface area contributed by atoms with Gasteiger partial charge < -0.3 is 5.11 Å². The van der Waals surface area contributed by atoms with Crippen molar-refractivity contribution in [2.45, 2.75) is 49.4 Å². The summed E-state index contributed by atoms with van der Waals surface area (Å²) in [5.74, 6) is 0.337. The highest BCUT2D eigenvalue weighted by Crippen LogP contribution is 2.53. The summed E-state index contributed by atoms with van der Waals surface area (Å²) in [4.78, 5) is 11.6. The Morgan fingerprint density at radius 3 is 2.66 bits per heavy atom. The topological polar surface area (TPSA) is 68.0 Å². The molecule has 4 rings (SSSR count). The molecule has 0 amide bonds. The lowest BCUT2D eigenvalue weighted by Crippen LogP contribution is -2.27. The first-order valence-electron chi connectivity index (χ1n) is 9.49. The lowest BCUT2D eigenvalue weighted by molar-refractivity contribution is -0.138. The number of hydrogen-bond acceptors (Lipinski definition) is 4. The molecule has 1 heterocycles. The summed E-state index contributed by atoms with van der Waals surface area (Å²) in [6, 6.07) is 10.3. The number of fused-ring (bicyclic) bond motifs is 1. The molecule has 2 aromatic carbocycles. The lowest BCUT2D eigenvalue weighted by Gasteiger charge is -2.20. The Kier molecular flexibility index (Phi) is 5.42. The number of carboxylic acid groups (broad SMARTS) is 1. The molecule has 1 aliphatic rings. The molecule has 0 radical (unpaired) electrons. The molecule has 3 aromatic rings. The fourth-order valence-corrected chi connectivity index (χ4v) is 5.48. The van der Waals surface area contributed by atoms with E-state index in [1.54, 1.807) is 18.4 Å². The monoisotopic (exact) mass is 493 g/mol. The highest BCUT2D eigenvalue weighted by atomic mass is 79.9. The van der Waals surface area contributed by atoms with Crippen LogP contribution in [0.4, 0.5) is 0 Å². The molecule has 5 nitrogen and oxygen atoms in total. The number of nitrogens with zero attached hydrogens (tertiary/aromatic N) is 3. The number of hydrogen-bond donors (Lipinski definition) is 1. The minimum Gasteiger partial charge on any atom is -0.480 e. The third-order valence-electron chi connectivity index (χ3n) is 5.53. The second kappa shape index (κ2) is 7.60. The van der Waals surface area contributed by atoms with Crippen molar-refractivity contribution >= 4 is 56.0 Å². The van der Waals surface area contributed by atoms with E-state index in [0.717, 1.165) is 22.8 Å². The Balaban J connectivity index is 1.91. The summed E-state index contributed by atoms with van der Waals surface area (Å²) < 4.78 is 1.22. The van der Waals surface area contributed by atoms with Gasteiger partial charge >= 0.3 is 5.97 Å². The third kappa shape index (κ3) is 3.68. The summed E-state index contributed by atoms with van der Waals surface area (Å²) in [6.45, 7) is 5.52. The van der Waals surface area contributed by atoms with Gasteiger partial charge in [0.25, 0.3) is 0 Å². The molecule has 0 bridgehead atoms. The van der Waals surface area contributed by atoms with E-state index in [4.69, 9.17) is 11.6 Å². The summed E-state index contributed by atoms with van der Waals surface area (Å²) >= 11 is 11.4. The number of carbonyl (C=O) groups is 1. The van der Waals surface area contributed by atoms with E-state index in [0.29, 0.717) is 26.7 Å². The number of rotatable bonds is 6. The zero-order chi connectivity index (χ0) is 20.9. The fraction of sp³-hybridized carbons (Fsp3) is 0.381. The SMILES string of the molecule is CCC1CC1c1cc(Cl)c(-n2c(Br)nnc2SC(C)(C)C(=O)O)c2ccccc12. The molecule has 1 aromatic heterocycles. The molecule has 1 N–H and O–H groups in total. The van der Waals surface area contributed by atoms with Crippen LogP contribution >= 0.6 is 39.3 Å². The molecule has 1 saturated carbocycles. The molecule has 152 valence electrons. The lowest BCUT2D eigenvalue weighted by atomic mass is 9.98. The van der Waals surface area contributed by atoms with Crippen LogP contribution in [0.3, 0.4) is 0 Å². The maximum absolute atomic E-state index is 11.6. The third-order valence-corrected chi connectivity index (χ3v) is 7.46. The van der Waals surface area contributed by atoms with Gasteiger partial charge in [0, 0.05) is 5.39 Å². The minimum atomic E-state index is -1.06. The van der Waals surface area contributed by atoms with Gasteiger partial charge in [0.2, 0.25) is 4.73 Å². The van der Waals surface area contributed by atoms with E-state index >= 15 is 0 Å². The van der Waals surface area contributed by atoms with Crippen LogP contribution in [-0.4, -0.2) is 30.6 Å². The highest BCUT2D eigenvalue weighted by Gasteiger charge is 2.38. The average molecular weight is 495 g/mol. The molecule has 0 saturated heterocycles. The predicted molar refractivity (Wildman–Crippen MR) is 120 cm³/mol. The standard InChI is InChI=1S/C21H21BrClN3O2S/c1-4-11-9-14(11)15-10-16(23)17(13-8-6-5-7-12(13)15)26-19(22)24-25-20(26)29-21(2,3)18(27)28/h5-8,10-11,14H,4,9H2,1-3H3,(H,27,28). The Bertz CT molecular complexity index is 1110. The van der Waals surface area contributed by atoms with E-state index in [1.807, 2.05) is 18.2 Å². The van der Waals surface area contributed by atoms with E-state index in [9.17, 15) is 9.90 Å². The van der Waals surface area contributed by atoms with Crippen LogP contribution in [0.1, 0.15) is 45.1 Å². The molecule has 2 atom stereocenters. The Hall–Kier alpha value is -1.57. The van der Waals surface area contributed by atoms with Gasteiger partial charge in [-0.05, 0) is 65.1 Å². The van der Waals surface area contributed by atoms with E-state index in [1.165, 1.54) is 23.8 Å². The van der Waals surface area contributed by atoms with Crippen LogP contribution in [0.25, 0.3) is 16.5 Å². The van der Waals surface area contributed by atoms with Gasteiger partial charge in [-0.1, -0.05) is 61.0 Å². The van der Waals surface area contributed by atoms with E-state index in [2.05, 4.69) is 45.2 Å². The number of halogens is 2. The number of thioether (sulfide) groups is 1. The smallest absolute Gasteiger partial charge is 0.319 e. The van der Waals surface area contributed by atoms with Crippen LogP contribution in [0.5, 0.6) is 0 Å². The van der Waals surface area contributed by atoms with Crippen molar-refractivity contribution in [2.75, 3.05) is 0 Å². The predicted octanol–water partition coefficient (Wildman–Crippen LogP) is 6.31. The molecule has 29 heavy (non-hydrogen) atoms. The van der Waals surface area contributed by atoms with Gasteiger partial charge in [-0.25, -0.2) is 0 Å². The van der Waals surface area contributed by atoms with Crippen LogP contribution in [0.2, 0.25) is 5.02 Å². The highest BCUT2D eigenvalue weighted by molar-refractivity contribution is 9.10. The largest absolute Gasteiger partial charge is 0.480 e. The van der Waals surface area contributed by atoms with Crippen molar-refractivity contribution in [3.63, 3.8) is 0 Å². The second-order valence-electron chi connectivity index (χ2n) is 7.86. The molecule has 1 aliphatic carbocycles. The molecular weight excluding hydrogens is 474 g/mol. The fourth-order valence-electron chi connectivity index (χ4n) is 3.74. The zero-order valence-electron chi connectivity index (χ0n) is 16.3. The molecule has 8 heteroatoms. The van der Waals surface area contributed by atoms with Crippen LogP contribution < -0.4 is 0 Å². The van der Waals surface area contributed by atoms with Gasteiger partial charge in [-0.2, -0.15) is 0 Å². The van der Waals surface area contributed by atoms with Crippen LogP contribution in [0, 0.1) is 5.92 Å². The molecular formula is C21H21BrClN3O2S. The van der Waals surface area contributed by atoms with Gasteiger partial charge in [-0.15, -0.1) is 10.2 Å². The molecule has 0 aliphatic heterocycles. The van der Waals surface area contributed by atoms with Crippen molar-refractivity contribution in [3.05, 3.63) is 45.7 Å². The summed E-state index contributed by atoms with van der Waals surface area (Å²) in [5.41, 5.74) is 2.05. The van der Waals surface area contributed by atoms with Gasteiger partial charge in [-0.3, -0.25) is 9.36 Å². The number of aliphatic carboxylic acids is 1. The molecule has 0 spiro atoms. The number of benzene rings is 2. The first-order chi connectivity index (χ1) is 13.7. The maximum atomic E-state index is 11.6. The van der Waals surface area contributed by atoms with Crippen molar-refractivity contribution in [1.82, 2.24) is 14.8 Å². The van der Waals surface area contributed by atoms with Gasteiger partial charge in [0.1, 0.15) is 4.75 Å². The normalized spacial score (nSPS) is 18.9. The first-order valence-corrected chi connectivity index (χ1v) is 11.5. The number of carboxylic acids is 1. The van der Waals surface area contributed by atoms with Crippen molar-refractivity contribution < 1.29 is 9.90 Å². The summed E-state index contributed by atoms with van der Waals surface area (Å²) in [5, 5.41) is 21.1. The molecule has 2 unspecified atom stereocenters. The van der Waals surface area contributed by atoms with E-state index < -0.39 is 10.7 Å². The van der Waals surface area contributed by atoms with Gasteiger partial charge in [0.15, 0.2) is 5.16 Å². The van der Waals surface area contributed by atoms with E-state index in [-0.39, 0.29) is 0 Å². The molecule has 1 fully saturated rings. The van der Waals surface area contributed by atoms with Crippen molar-refractivity contribution in [3.8, 4) is 5.69 Å². The zero-order valence-corrected chi connectivity index (χ0v) is 19.5. The van der Waals surface area contributed by atoms with Crippen LogP contribution in [-0.2, 0) is 4.79 Å². The summed E-state index contributed by atoms with van der Waals surface area (Å²) in [6.07, 6.45) is 2.36. The average Bonchev–Trinajstić information content (AvgIpc) is 3.39. The van der Waals surface area contributed by atoms with Crippen molar-refractivity contribution in [2.24, 2.45) is 5.92 Å². The number of aromatic nitrogens is 3. The summed E-state index contributed by atoms with van der Waals surface area (Å²) in [7, 11) is 0. The first kappa shape index (κ1) is 20.7. The van der Waals surface area contributed by atoms with Crippen LogP contribution in [0.15, 0.2) is 40.2 Å². The maximum Gasteiger partial charge on any atom is 0.319 e. The minimum absolute atomic E-state index is 0.474. The Morgan fingerprint density at radius 1 is 1.34 bits per heavy atom. The quantitative estimate of drug-likeness (QED) is 0.407.